The maximum atomic E-state index is 12.4. The van der Waals surface area contributed by atoms with Gasteiger partial charge in [0, 0.05) is 29.2 Å². The van der Waals surface area contributed by atoms with Crippen LogP contribution in [0.2, 0.25) is 5.02 Å². The van der Waals surface area contributed by atoms with Gasteiger partial charge in [0.05, 0.1) is 5.92 Å². The summed E-state index contributed by atoms with van der Waals surface area (Å²) in [4.78, 5) is 18.6. The molecule has 0 N–H and O–H groups in total. The van der Waals surface area contributed by atoms with Gasteiger partial charge in [-0.25, -0.2) is 0 Å². The number of hydrogen-bond donors (Lipinski definition) is 0. The van der Waals surface area contributed by atoms with Crippen molar-refractivity contribution in [2.75, 3.05) is 11.4 Å². The second kappa shape index (κ2) is 6.33. The second-order valence-corrected chi connectivity index (χ2v) is 6.64. The minimum Gasteiger partial charge on any atom is -0.339 e. The van der Waals surface area contributed by atoms with Crippen molar-refractivity contribution in [1.82, 2.24) is 10.1 Å². The lowest BCUT2D eigenvalue weighted by Gasteiger charge is -2.16. The quantitative estimate of drug-likeness (QED) is 0.707. The van der Waals surface area contributed by atoms with E-state index >= 15 is 0 Å². The van der Waals surface area contributed by atoms with Crippen molar-refractivity contribution in [3.63, 3.8) is 0 Å². The molecule has 2 aromatic carbocycles. The number of nitrogens with zero attached hydrogens (tertiary/aromatic N) is 3. The van der Waals surface area contributed by atoms with Crippen molar-refractivity contribution in [3.05, 3.63) is 65.0 Å². The molecule has 1 aliphatic heterocycles. The highest BCUT2D eigenvalue weighted by molar-refractivity contribution is 6.30. The van der Waals surface area contributed by atoms with Gasteiger partial charge in [0.1, 0.15) is 0 Å². The predicted molar refractivity (Wildman–Crippen MR) is 95.6 cm³/mol. The Morgan fingerprint density at radius 2 is 1.84 bits per heavy atom. The van der Waals surface area contributed by atoms with Gasteiger partial charge in [0.25, 0.3) is 0 Å². The molecule has 126 valence electrons. The average Bonchev–Trinajstić information content (AvgIpc) is 3.23. The largest absolute Gasteiger partial charge is 0.339 e. The maximum Gasteiger partial charge on any atom is 0.232 e. The fourth-order valence-corrected chi connectivity index (χ4v) is 3.09. The SMILES string of the molecule is Cc1ccc(N2C[C@H](c3nc(-c4ccc(Cl)cc4)no3)CC2=O)cc1. The van der Waals surface area contributed by atoms with Crippen molar-refractivity contribution < 1.29 is 9.32 Å². The van der Waals surface area contributed by atoms with Gasteiger partial charge in [0.2, 0.25) is 17.6 Å². The van der Waals surface area contributed by atoms with Crippen LogP contribution in [0.1, 0.15) is 23.8 Å². The summed E-state index contributed by atoms with van der Waals surface area (Å²) >= 11 is 5.90. The molecule has 0 radical (unpaired) electrons. The third-order valence-electron chi connectivity index (χ3n) is 4.36. The van der Waals surface area contributed by atoms with Crippen molar-refractivity contribution in [3.8, 4) is 11.4 Å². The zero-order valence-electron chi connectivity index (χ0n) is 13.6. The van der Waals surface area contributed by atoms with Crippen LogP contribution in [0.5, 0.6) is 0 Å². The summed E-state index contributed by atoms with van der Waals surface area (Å²) in [6.45, 7) is 2.57. The molecule has 25 heavy (non-hydrogen) atoms. The number of anilines is 1. The van der Waals surface area contributed by atoms with Crippen LogP contribution in [0.15, 0.2) is 53.1 Å². The number of aromatic nitrogens is 2. The van der Waals surface area contributed by atoms with Crippen LogP contribution < -0.4 is 4.90 Å². The third kappa shape index (κ3) is 3.15. The van der Waals surface area contributed by atoms with Crippen LogP contribution in [0.3, 0.4) is 0 Å². The van der Waals surface area contributed by atoms with Crippen molar-refractivity contribution in [2.24, 2.45) is 0 Å². The highest BCUT2D eigenvalue weighted by Gasteiger charge is 2.35. The van der Waals surface area contributed by atoms with E-state index in [0.717, 1.165) is 16.8 Å². The molecule has 1 fully saturated rings. The number of carbonyl (C=O) groups is 1. The first-order valence-electron chi connectivity index (χ1n) is 8.07. The number of hydrogen-bond acceptors (Lipinski definition) is 4. The zero-order valence-corrected chi connectivity index (χ0v) is 14.4. The number of aryl methyl sites for hydroxylation is 1. The van der Waals surface area contributed by atoms with Gasteiger partial charge >= 0.3 is 0 Å². The van der Waals surface area contributed by atoms with E-state index in [1.165, 1.54) is 0 Å². The van der Waals surface area contributed by atoms with Crippen LogP contribution in [0.25, 0.3) is 11.4 Å². The molecule has 3 aromatic rings. The molecule has 1 saturated heterocycles. The Hall–Kier alpha value is -2.66. The summed E-state index contributed by atoms with van der Waals surface area (Å²) in [6, 6.07) is 15.2. The Balaban J connectivity index is 1.54. The van der Waals surface area contributed by atoms with Gasteiger partial charge < -0.3 is 9.42 Å². The van der Waals surface area contributed by atoms with Gasteiger partial charge in [-0.15, -0.1) is 0 Å². The zero-order chi connectivity index (χ0) is 17.4. The van der Waals surface area contributed by atoms with Crippen LogP contribution in [0.4, 0.5) is 5.69 Å². The first-order valence-corrected chi connectivity index (χ1v) is 8.44. The van der Waals surface area contributed by atoms with Crippen molar-refractivity contribution >= 4 is 23.2 Å². The molecular weight excluding hydrogens is 338 g/mol. The Morgan fingerprint density at radius 1 is 1.12 bits per heavy atom. The number of carbonyl (C=O) groups excluding carboxylic acids is 1. The molecule has 6 heteroatoms. The summed E-state index contributed by atoms with van der Waals surface area (Å²) in [5, 5.41) is 4.69. The van der Waals surface area contributed by atoms with Gasteiger partial charge in [-0.1, -0.05) is 34.5 Å². The summed E-state index contributed by atoms with van der Waals surface area (Å²) in [7, 11) is 0. The highest BCUT2D eigenvalue weighted by Crippen LogP contribution is 2.32. The number of rotatable bonds is 3. The van der Waals surface area contributed by atoms with Crippen LogP contribution in [-0.4, -0.2) is 22.6 Å². The van der Waals surface area contributed by atoms with Gasteiger partial charge in [-0.3, -0.25) is 4.79 Å². The van der Waals surface area contributed by atoms with E-state index in [1.54, 1.807) is 17.0 Å². The highest BCUT2D eigenvalue weighted by atomic mass is 35.5. The van der Waals surface area contributed by atoms with Crippen molar-refractivity contribution in [2.45, 2.75) is 19.3 Å². The van der Waals surface area contributed by atoms with Gasteiger partial charge in [-0.2, -0.15) is 4.98 Å². The number of amides is 1. The molecule has 1 amide bonds. The first kappa shape index (κ1) is 15.8. The Bertz CT molecular complexity index is 903. The molecule has 0 saturated carbocycles. The molecular formula is C19H16ClN3O2. The van der Waals surface area contributed by atoms with E-state index < -0.39 is 0 Å². The minimum atomic E-state index is -0.0950. The minimum absolute atomic E-state index is 0.0695. The Kier molecular flexibility index (Phi) is 4.01. The molecule has 1 atom stereocenters. The molecule has 5 nitrogen and oxygen atoms in total. The monoisotopic (exact) mass is 353 g/mol. The van der Waals surface area contributed by atoms with E-state index in [4.69, 9.17) is 16.1 Å². The summed E-state index contributed by atoms with van der Waals surface area (Å²) < 4.78 is 5.41. The van der Waals surface area contributed by atoms with Gasteiger partial charge in [0.15, 0.2) is 0 Å². The fourth-order valence-electron chi connectivity index (χ4n) is 2.96. The lowest BCUT2D eigenvalue weighted by molar-refractivity contribution is -0.117. The van der Waals surface area contributed by atoms with E-state index in [-0.39, 0.29) is 11.8 Å². The normalized spacial score (nSPS) is 17.3. The molecule has 1 aliphatic rings. The Labute approximate surface area is 150 Å². The van der Waals surface area contributed by atoms with Crippen LogP contribution >= 0.6 is 11.6 Å². The van der Waals surface area contributed by atoms with E-state index in [0.29, 0.717) is 29.7 Å². The molecule has 0 aliphatic carbocycles. The number of benzene rings is 2. The summed E-state index contributed by atoms with van der Waals surface area (Å²) in [5.74, 6) is 0.975. The Morgan fingerprint density at radius 3 is 2.56 bits per heavy atom. The lowest BCUT2D eigenvalue weighted by Crippen LogP contribution is -2.24. The molecule has 0 unspecified atom stereocenters. The van der Waals surface area contributed by atoms with Crippen molar-refractivity contribution in [1.29, 1.82) is 0 Å². The van der Waals surface area contributed by atoms with E-state index in [1.807, 2.05) is 43.3 Å². The molecule has 2 heterocycles. The molecule has 0 spiro atoms. The van der Waals surface area contributed by atoms with Gasteiger partial charge in [-0.05, 0) is 43.3 Å². The number of halogens is 1. The average molecular weight is 354 g/mol. The summed E-state index contributed by atoms with van der Waals surface area (Å²) in [5.41, 5.74) is 2.89. The van der Waals surface area contributed by atoms with E-state index in [2.05, 4.69) is 10.1 Å². The second-order valence-electron chi connectivity index (χ2n) is 6.20. The first-order chi connectivity index (χ1) is 12.1. The molecule has 1 aromatic heterocycles. The topological polar surface area (TPSA) is 59.2 Å². The maximum absolute atomic E-state index is 12.4. The summed E-state index contributed by atoms with van der Waals surface area (Å²) in [6.07, 6.45) is 0.371. The molecule has 4 rings (SSSR count). The van der Waals surface area contributed by atoms with Crippen LogP contribution in [0, 0.1) is 6.92 Å². The smallest absolute Gasteiger partial charge is 0.232 e. The third-order valence-corrected chi connectivity index (χ3v) is 4.62. The molecule has 0 bridgehead atoms. The predicted octanol–water partition coefficient (Wildman–Crippen LogP) is 4.22. The van der Waals surface area contributed by atoms with Crippen LogP contribution in [-0.2, 0) is 4.79 Å². The standard InChI is InChI=1S/C19H16ClN3O2/c1-12-2-8-16(9-3-12)23-11-14(10-17(23)24)19-21-18(22-25-19)13-4-6-15(20)7-5-13/h2-9,14H,10-11H2,1H3/t14-/m1/s1. The van der Waals surface area contributed by atoms with E-state index in [9.17, 15) is 4.79 Å². The fraction of sp³-hybridized carbons (Fsp3) is 0.211. The lowest BCUT2D eigenvalue weighted by atomic mass is 10.1.